The van der Waals surface area contributed by atoms with Crippen LogP contribution >= 0.6 is 10.7 Å². The van der Waals surface area contributed by atoms with Crippen LogP contribution in [0.5, 0.6) is 0 Å². The number of rotatable bonds is 3. The summed E-state index contributed by atoms with van der Waals surface area (Å²) < 4.78 is 29.2. The van der Waals surface area contributed by atoms with E-state index in [4.69, 9.17) is 21.7 Å². The molecular formula is C13H10ClN3O4S. The number of aromatic nitrogens is 1. The van der Waals surface area contributed by atoms with Gasteiger partial charge in [0.15, 0.2) is 5.69 Å². The number of ether oxygens (including phenoxy) is 1. The topological polar surface area (TPSA) is 115 Å². The van der Waals surface area contributed by atoms with Crippen molar-refractivity contribution < 1.29 is 17.9 Å². The van der Waals surface area contributed by atoms with Gasteiger partial charge in [-0.1, -0.05) is 12.1 Å². The van der Waals surface area contributed by atoms with Gasteiger partial charge in [0.2, 0.25) is 0 Å². The van der Waals surface area contributed by atoms with Crippen LogP contribution < -0.4 is 5.73 Å². The van der Waals surface area contributed by atoms with Gasteiger partial charge >= 0.3 is 5.97 Å². The van der Waals surface area contributed by atoms with E-state index in [1.54, 1.807) is 6.07 Å². The lowest BCUT2D eigenvalue weighted by molar-refractivity contribution is 0.0593. The Morgan fingerprint density at radius 1 is 1.41 bits per heavy atom. The summed E-state index contributed by atoms with van der Waals surface area (Å²) in [6.07, 6.45) is 1.25. The molecule has 2 rings (SSSR count). The highest BCUT2D eigenvalue weighted by Crippen LogP contribution is 2.29. The summed E-state index contributed by atoms with van der Waals surface area (Å²) >= 11 is 0. The van der Waals surface area contributed by atoms with E-state index in [-0.39, 0.29) is 27.5 Å². The average molecular weight is 340 g/mol. The van der Waals surface area contributed by atoms with Crippen molar-refractivity contribution in [3.05, 3.63) is 41.7 Å². The predicted octanol–water partition coefficient (Wildman–Crippen LogP) is 1.65. The summed E-state index contributed by atoms with van der Waals surface area (Å²) in [5.74, 6) is -0.805. The second-order valence-electron chi connectivity index (χ2n) is 4.18. The molecule has 0 aliphatic heterocycles. The standard InChI is InChI=1S/C13H10ClN3O4S/c1-21-13(18)12-11(16)8(6-15)7-17(12)9-4-2-3-5-10(9)22(14,19)20/h2-5,7H,16H2,1H3. The van der Waals surface area contributed by atoms with Gasteiger partial charge in [0.05, 0.1) is 24.0 Å². The molecule has 9 heteroatoms. The number of anilines is 1. The molecule has 0 aliphatic rings. The third-order valence-electron chi connectivity index (χ3n) is 2.93. The fourth-order valence-corrected chi connectivity index (χ4v) is 3.02. The molecule has 0 saturated carbocycles. The zero-order valence-electron chi connectivity index (χ0n) is 11.3. The molecule has 2 aromatic rings. The van der Waals surface area contributed by atoms with Crippen molar-refractivity contribution in [2.45, 2.75) is 4.90 Å². The Labute approximate surface area is 130 Å². The number of nitrogens with two attached hydrogens (primary N) is 1. The van der Waals surface area contributed by atoms with Gasteiger partial charge in [0, 0.05) is 16.9 Å². The molecule has 0 aliphatic carbocycles. The van der Waals surface area contributed by atoms with Crippen molar-refractivity contribution in [1.29, 1.82) is 5.26 Å². The van der Waals surface area contributed by atoms with E-state index in [1.165, 1.54) is 29.0 Å². The van der Waals surface area contributed by atoms with Crippen LogP contribution in [0.4, 0.5) is 5.69 Å². The monoisotopic (exact) mass is 339 g/mol. The molecule has 0 spiro atoms. The Balaban J connectivity index is 2.86. The molecular weight excluding hydrogens is 330 g/mol. The number of nitrogen functional groups attached to an aromatic ring is 1. The molecule has 2 N–H and O–H groups in total. The quantitative estimate of drug-likeness (QED) is 0.671. The number of benzene rings is 1. The number of nitriles is 1. The zero-order chi connectivity index (χ0) is 16.5. The van der Waals surface area contributed by atoms with Crippen LogP contribution in [0.15, 0.2) is 35.4 Å². The Morgan fingerprint density at radius 2 is 2.05 bits per heavy atom. The maximum absolute atomic E-state index is 11.9. The van der Waals surface area contributed by atoms with Crippen molar-refractivity contribution in [3.8, 4) is 11.8 Å². The Kier molecular flexibility index (Phi) is 4.12. The van der Waals surface area contributed by atoms with E-state index < -0.39 is 15.0 Å². The van der Waals surface area contributed by atoms with Crippen LogP contribution in [0.25, 0.3) is 5.69 Å². The lowest BCUT2D eigenvalue weighted by Crippen LogP contribution is -2.12. The minimum atomic E-state index is -4.07. The van der Waals surface area contributed by atoms with Crippen molar-refractivity contribution in [3.63, 3.8) is 0 Å². The number of hydrogen-bond acceptors (Lipinski definition) is 6. The van der Waals surface area contributed by atoms with E-state index >= 15 is 0 Å². The molecule has 0 amide bonds. The van der Waals surface area contributed by atoms with Crippen molar-refractivity contribution in [2.24, 2.45) is 0 Å². The molecule has 0 fully saturated rings. The van der Waals surface area contributed by atoms with Crippen molar-refractivity contribution in [2.75, 3.05) is 12.8 Å². The smallest absolute Gasteiger partial charge is 0.357 e. The van der Waals surface area contributed by atoms with E-state index in [1.807, 2.05) is 6.07 Å². The molecule has 0 atom stereocenters. The number of nitrogens with zero attached hydrogens (tertiary/aromatic N) is 2. The van der Waals surface area contributed by atoms with Crippen LogP contribution in [0, 0.1) is 11.3 Å². The van der Waals surface area contributed by atoms with Gasteiger partial charge < -0.3 is 15.0 Å². The lowest BCUT2D eigenvalue weighted by atomic mass is 10.2. The van der Waals surface area contributed by atoms with Crippen LogP contribution in [0.3, 0.4) is 0 Å². The van der Waals surface area contributed by atoms with E-state index in [9.17, 15) is 13.2 Å². The second kappa shape index (κ2) is 5.71. The first-order valence-corrected chi connectivity index (χ1v) is 8.15. The number of hydrogen-bond donors (Lipinski definition) is 1. The van der Waals surface area contributed by atoms with Crippen molar-refractivity contribution >= 4 is 31.4 Å². The summed E-state index contributed by atoms with van der Waals surface area (Å²) in [6, 6.07) is 7.58. The van der Waals surface area contributed by atoms with Gasteiger partial charge in [0.1, 0.15) is 11.0 Å². The predicted molar refractivity (Wildman–Crippen MR) is 79.3 cm³/mol. The fourth-order valence-electron chi connectivity index (χ4n) is 1.97. The molecule has 0 unspecified atom stereocenters. The molecule has 7 nitrogen and oxygen atoms in total. The molecule has 114 valence electrons. The summed E-state index contributed by atoms with van der Waals surface area (Å²) in [5.41, 5.74) is 5.62. The largest absolute Gasteiger partial charge is 0.464 e. The molecule has 0 saturated heterocycles. The third-order valence-corrected chi connectivity index (χ3v) is 4.30. The first-order valence-electron chi connectivity index (χ1n) is 5.84. The van der Waals surface area contributed by atoms with E-state index in [0.29, 0.717) is 0 Å². The number of para-hydroxylation sites is 1. The fraction of sp³-hybridized carbons (Fsp3) is 0.0769. The number of halogens is 1. The SMILES string of the molecule is COC(=O)c1c(N)c(C#N)cn1-c1ccccc1S(=O)(=O)Cl. The Morgan fingerprint density at radius 3 is 2.59 bits per heavy atom. The van der Waals surface area contributed by atoms with Gasteiger partial charge in [-0.25, -0.2) is 13.2 Å². The van der Waals surface area contributed by atoms with Crippen LogP contribution in [0.2, 0.25) is 0 Å². The van der Waals surface area contributed by atoms with Crippen LogP contribution in [-0.4, -0.2) is 26.1 Å². The summed E-state index contributed by atoms with van der Waals surface area (Å²) in [7, 11) is 2.49. The highest BCUT2D eigenvalue weighted by molar-refractivity contribution is 8.13. The zero-order valence-corrected chi connectivity index (χ0v) is 12.9. The molecule has 1 heterocycles. The number of carbonyl (C=O) groups excluding carboxylic acids is 1. The molecule has 1 aromatic heterocycles. The minimum Gasteiger partial charge on any atom is -0.464 e. The van der Waals surface area contributed by atoms with E-state index in [2.05, 4.69) is 4.74 Å². The molecule has 0 radical (unpaired) electrons. The molecule has 0 bridgehead atoms. The molecule has 1 aromatic carbocycles. The van der Waals surface area contributed by atoms with Gasteiger partial charge in [-0.15, -0.1) is 0 Å². The van der Waals surface area contributed by atoms with Gasteiger partial charge in [-0.3, -0.25) is 0 Å². The van der Waals surface area contributed by atoms with Gasteiger partial charge in [-0.2, -0.15) is 5.26 Å². The van der Waals surface area contributed by atoms with Crippen LogP contribution in [0.1, 0.15) is 16.1 Å². The first kappa shape index (κ1) is 15.9. The van der Waals surface area contributed by atoms with Gasteiger partial charge in [-0.05, 0) is 12.1 Å². The van der Waals surface area contributed by atoms with Crippen molar-refractivity contribution in [1.82, 2.24) is 4.57 Å². The Hall–Kier alpha value is -2.50. The second-order valence-corrected chi connectivity index (χ2v) is 6.72. The Bertz CT molecular complexity index is 896. The van der Waals surface area contributed by atoms with Crippen LogP contribution in [-0.2, 0) is 13.8 Å². The highest BCUT2D eigenvalue weighted by atomic mass is 35.7. The maximum atomic E-state index is 11.9. The number of esters is 1. The maximum Gasteiger partial charge on any atom is 0.357 e. The molecule has 22 heavy (non-hydrogen) atoms. The summed E-state index contributed by atoms with van der Waals surface area (Å²) in [5, 5.41) is 9.05. The lowest BCUT2D eigenvalue weighted by Gasteiger charge is -2.11. The third kappa shape index (κ3) is 2.64. The summed E-state index contributed by atoms with van der Waals surface area (Å²) in [6.45, 7) is 0. The normalized spacial score (nSPS) is 11.0. The van der Waals surface area contributed by atoms with Gasteiger partial charge in [0.25, 0.3) is 9.05 Å². The number of methoxy groups -OCH3 is 1. The minimum absolute atomic E-state index is 0.0159. The number of carbonyl (C=O) groups is 1. The first-order chi connectivity index (χ1) is 10.3. The highest BCUT2D eigenvalue weighted by Gasteiger charge is 2.25. The average Bonchev–Trinajstić information content (AvgIpc) is 2.82. The summed E-state index contributed by atoms with van der Waals surface area (Å²) in [4.78, 5) is 11.7. The van der Waals surface area contributed by atoms with E-state index in [0.717, 1.165) is 7.11 Å².